The molecule has 2 N–H and O–H groups in total. The van der Waals surface area contributed by atoms with Gasteiger partial charge in [0, 0.05) is 6.04 Å². The molecule has 0 aromatic heterocycles. The third-order valence-electron chi connectivity index (χ3n) is 7.31. The summed E-state index contributed by atoms with van der Waals surface area (Å²) < 4.78 is 0. The van der Waals surface area contributed by atoms with Crippen molar-refractivity contribution in [2.45, 2.75) is 57.9 Å². The van der Waals surface area contributed by atoms with E-state index in [1.165, 1.54) is 25.7 Å². The Kier molecular flexibility index (Phi) is 3.46. The smallest absolute Gasteiger partial charge is 0.307 e. The highest BCUT2D eigenvalue weighted by atomic mass is 16.4. The summed E-state index contributed by atoms with van der Waals surface area (Å²) in [6.45, 7) is 2.13. The molecule has 0 radical (unpaired) electrons. The Morgan fingerprint density at radius 1 is 0.955 bits per heavy atom. The van der Waals surface area contributed by atoms with Crippen LogP contribution in [-0.4, -0.2) is 23.0 Å². The van der Waals surface area contributed by atoms with E-state index < -0.39 is 11.9 Å². The van der Waals surface area contributed by atoms with Gasteiger partial charge in [0.25, 0.3) is 0 Å². The van der Waals surface area contributed by atoms with Gasteiger partial charge in [-0.05, 0) is 75.0 Å². The van der Waals surface area contributed by atoms with Gasteiger partial charge in [-0.3, -0.25) is 9.59 Å². The van der Waals surface area contributed by atoms with E-state index in [4.69, 9.17) is 0 Å². The van der Waals surface area contributed by atoms with Crippen LogP contribution in [0.1, 0.15) is 51.9 Å². The average molecular weight is 305 g/mol. The van der Waals surface area contributed by atoms with Gasteiger partial charge < -0.3 is 10.4 Å². The van der Waals surface area contributed by atoms with Crippen LogP contribution in [0.25, 0.3) is 0 Å². The van der Waals surface area contributed by atoms with Gasteiger partial charge in [-0.2, -0.15) is 0 Å². The van der Waals surface area contributed by atoms with Crippen LogP contribution in [0.2, 0.25) is 0 Å². The quantitative estimate of drug-likeness (QED) is 0.839. The van der Waals surface area contributed by atoms with Crippen LogP contribution in [0.4, 0.5) is 0 Å². The number of fused-ring (bicyclic) bond motifs is 4. The zero-order valence-electron chi connectivity index (χ0n) is 13.3. The standard InChI is InChI=1S/C18H27NO3/c1-9(14-7-10-2-3-11(14)6-10)19-17(20)15-12-4-5-13(8-12)16(15)18(21)22/h9-16H,2-8H2,1H3,(H,19,20)(H,21,22)/t9-,10-,11-,12-,13+,14+,15+,16+/m1/s1. The van der Waals surface area contributed by atoms with Crippen molar-refractivity contribution in [2.24, 2.45) is 41.4 Å². The minimum Gasteiger partial charge on any atom is -0.481 e. The van der Waals surface area contributed by atoms with Crippen molar-refractivity contribution in [3.63, 3.8) is 0 Å². The minimum absolute atomic E-state index is 0.0230. The maximum Gasteiger partial charge on any atom is 0.307 e. The molecule has 122 valence electrons. The van der Waals surface area contributed by atoms with Crippen molar-refractivity contribution in [3.05, 3.63) is 0 Å². The molecule has 0 unspecified atom stereocenters. The van der Waals surface area contributed by atoms with Crippen LogP contribution in [0.5, 0.6) is 0 Å². The largest absolute Gasteiger partial charge is 0.481 e. The van der Waals surface area contributed by atoms with Crippen molar-refractivity contribution in [1.29, 1.82) is 0 Å². The Hall–Kier alpha value is -1.06. The Bertz CT molecular complexity index is 491. The molecule has 0 saturated heterocycles. The lowest BCUT2D eigenvalue weighted by Gasteiger charge is -2.32. The van der Waals surface area contributed by atoms with Crippen molar-refractivity contribution in [1.82, 2.24) is 5.32 Å². The molecule has 4 heteroatoms. The zero-order chi connectivity index (χ0) is 15.4. The number of carbonyl (C=O) groups is 2. The average Bonchev–Trinajstić information content (AvgIpc) is 3.24. The topological polar surface area (TPSA) is 66.4 Å². The molecule has 0 aromatic rings. The summed E-state index contributed by atoms with van der Waals surface area (Å²) in [5.41, 5.74) is 0. The highest BCUT2D eigenvalue weighted by molar-refractivity contribution is 5.86. The van der Waals surface area contributed by atoms with E-state index in [0.717, 1.165) is 31.1 Å². The van der Waals surface area contributed by atoms with E-state index in [0.29, 0.717) is 11.8 Å². The lowest BCUT2D eigenvalue weighted by atomic mass is 9.78. The number of rotatable bonds is 4. The summed E-state index contributed by atoms with van der Waals surface area (Å²) in [4.78, 5) is 24.3. The molecular weight excluding hydrogens is 278 g/mol. The van der Waals surface area contributed by atoms with Crippen molar-refractivity contribution in [3.8, 4) is 0 Å². The maximum atomic E-state index is 12.7. The van der Waals surface area contributed by atoms with E-state index in [-0.39, 0.29) is 23.8 Å². The Morgan fingerprint density at radius 2 is 1.64 bits per heavy atom. The van der Waals surface area contributed by atoms with Crippen LogP contribution in [0.3, 0.4) is 0 Å². The minimum atomic E-state index is -0.764. The SMILES string of the molecule is C[C@@H](NC(=O)[C@H]1[C@@H]2CC[C@@H](C2)[C@@H]1C(=O)O)[C@@H]1C[C@@H]2CC[C@@H]1C2. The van der Waals surface area contributed by atoms with Gasteiger partial charge >= 0.3 is 5.97 Å². The molecule has 1 amide bonds. The summed E-state index contributed by atoms with van der Waals surface area (Å²) in [6, 6.07) is 0.205. The second-order valence-corrected chi connectivity index (χ2v) is 8.36. The molecule has 22 heavy (non-hydrogen) atoms. The van der Waals surface area contributed by atoms with E-state index >= 15 is 0 Å². The maximum absolute atomic E-state index is 12.7. The first-order valence-corrected chi connectivity index (χ1v) is 9.07. The van der Waals surface area contributed by atoms with Crippen LogP contribution >= 0.6 is 0 Å². The van der Waals surface area contributed by atoms with Gasteiger partial charge in [0.1, 0.15) is 0 Å². The Morgan fingerprint density at radius 3 is 2.23 bits per heavy atom. The highest BCUT2D eigenvalue weighted by Gasteiger charge is 2.54. The van der Waals surface area contributed by atoms with Gasteiger partial charge in [0.05, 0.1) is 11.8 Å². The fourth-order valence-electron chi connectivity index (χ4n) is 6.36. The monoisotopic (exact) mass is 305 g/mol. The molecule has 0 heterocycles. The number of nitrogens with one attached hydrogen (secondary N) is 1. The normalized spacial score (nSPS) is 46.9. The van der Waals surface area contributed by atoms with Gasteiger partial charge in [0.2, 0.25) is 5.91 Å². The van der Waals surface area contributed by atoms with Gasteiger partial charge in [-0.25, -0.2) is 0 Å². The molecular formula is C18H27NO3. The second kappa shape index (κ2) is 5.24. The van der Waals surface area contributed by atoms with Crippen molar-refractivity contribution < 1.29 is 14.7 Å². The zero-order valence-corrected chi connectivity index (χ0v) is 13.3. The Labute approximate surface area is 132 Å². The van der Waals surface area contributed by atoms with Gasteiger partial charge in [-0.15, -0.1) is 0 Å². The molecule has 0 aliphatic heterocycles. The van der Waals surface area contributed by atoms with Crippen LogP contribution < -0.4 is 5.32 Å². The Balaban J connectivity index is 1.42. The summed E-state index contributed by atoms with van der Waals surface area (Å²) >= 11 is 0. The summed E-state index contributed by atoms with van der Waals surface area (Å²) in [5.74, 6) is 1.36. The first kappa shape index (κ1) is 14.5. The van der Waals surface area contributed by atoms with Crippen LogP contribution in [0, 0.1) is 41.4 Å². The van der Waals surface area contributed by atoms with Crippen LogP contribution in [-0.2, 0) is 9.59 Å². The first-order chi connectivity index (χ1) is 10.5. The number of hydrogen-bond acceptors (Lipinski definition) is 2. The summed E-state index contributed by atoms with van der Waals surface area (Å²) in [6.07, 6.45) is 8.26. The molecule has 8 atom stereocenters. The molecule has 4 rings (SSSR count). The van der Waals surface area contributed by atoms with Crippen molar-refractivity contribution in [2.75, 3.05) is 0 Å². The fourth-order valence-corrected chi connectivity index (χ4v) is 6.36. The van der Waals surface area contributed by atoms with E-state index in [1.807, 2.05) is 0 Å². The molecule has 0 spiro atoms. The summed E-state index contributed by atoms with van der Waals surface area (Å²) in [7, 11) is 0. The van der Waals surface area contributed by atoms with E-state index in [1.54, 1.807) is 0 Å². The summed E-state index contributed by atoms with van der Waals surface area (Å²) in [5, 5.41) is 12.7. The van der Waals surface area contributed by atoms with Crippen LogP contribution in [0.15, 0.2) is 0 Å². The lowest BCUT2D eigenvalue weighted by molar-refractivity contribution is -0.149. The number of aliphatic carboxylic acids is 1. The highest BCUT2D eigenvalue weighted by Crippen LogP contribution is 2.53. The van der Waals surface area contributed by atoms with Gasteiger partial charge in [-0.1, -0.05) is 6.42 Å². The number of carboxylic acid groups (broad SMARTS) is 1. The first-order valence-electron chi connectivity index (χ1n) is 9.07. The van der Waals surface area contributed by atoms with Gasteiger partial charge in [0.15, 0.2) is 0 Å². The second-order valence-electron chi connectivity index (χ2n) is 8.36. The van der Waals surface area contributed by atoms with E-state index in [2.05, 4.69) is 12.2 Å². The third-order valence-corrected chi connectivity index (χ3v) is 7.31. The molecule has 4 saturated carbocycles. The number of carboxylic acids is 1. The molecule has 4 aliphatic carbocycles. The van der Waals surface area contributed by atoms with E-state index in [9.17, 15) is 14.7 Å². The molecule has 4 fully saturated rings. The third kappa shape index (κ3) is 2.17. The molecule has 4 aliphatic rings. The predicted molar refractivity (Wildman–Crippen MR) is 82.0 cm³/mol. The molecule has 4 nitrogen and oxygen atoms in total. The number of amides is 1. The number of hydrogen-bond donors (Lipinski definition) is 2. The molecule has 0 aromatic carbocycles. The number of carbonyl (C=O) groups excluding carboxylic acids is 1. The predicted octanol–water partition coefficient (Wildman–Crippen LogP) is 2.67. The fraction of sp³-hybridized carbons (Fsp3) is 0.889. The molecule has 4 bridgehead atoms. The van der Waals surface area contributed by atoms with Crippen molar-refractivity contribution >= 4 is 11.9 Å². The lowest BCUT2D eigenvalue weighted by Crippen LogP contribution is -2.47.